The van der Waals surface area contributed by atoms with Gasteiger partial charge in [0, 0.05) is 11.4 Å². The van der Waals surface area contributed by atoms with Crippen LogP contribution in [0.5, 0.6) is 0 Å². The van der Waals surface area contributed by atoms with Crippen LogP contribution in [0.1, 0.15) is 28.9 Å². The largest absolute Gasteiger partial charge is 0.390 e. The fourth-order valence-corrected chi connectivity index (χ4v) is 4.94. The quantitative estimate of drug-likeness (QED) is 0.322. The van der Waals surface area contributed by atoms with Crippen molar-refractivity contribution in [3.05, 3.63) is 46.5 Å². The summed E-state index contributed by atoms with van der Waals surface area (Å²) in [6.07, 6.45) is 0.997. The van der Waals surface area contributed by atoms with Crippen LogP contribution >= 0.6 is 23.1 Å². The number of rotatable bonds is 12. The van der Waals surface area contributed by atoms with Crippen molar-refractivity contribution in [2.24, 2.45) is 0 Å². The van der Waals surface area contributed by atoms with Crippen molar-refractivity contribution >= 4 is 44.2 Å². The van der Waals surface area contributed by atoms with Gasteiger partial charge in [0.2, 0.25) is 10.0 Å². The first kappa shape index (κ1) is 26.5. The first-order chi connectivity index (χ1) is 15.0. The predicted octanol–water partition coefficient (Wildman–Crippen LogP) is 2.00. The van der Waals surface area contributed by atoms with E-state index in [1.807, 2.05) is 6.26 Å². The van der Waals surface area contributed by atoms with E-state index < -0.39 is 45.8 Å². The Morgan fingerprint density at radius 2 is 1.91 bits per heavy atom. The molecule has 13 heteroatoms. The molecule has 3 unspecified atom stereocenters. The summed E-state index contributed by atoms with van der Waals surface area (Å²) in [6.45, 7) is 0. The van der Waals surface area contributed by atoms with Crippen molar-refractivity contribution < 1.29 is 32.2 Å². The lowest BCUT2D eigenvalue weighted by Crippen LogP contribution is -2.50. The zero-order valence-electron chi connectivity index (χ0n) is 17.4. The maximum Gasteiger partial charge on any atom is 0.271 e. The van der Waals surface area contributed by atoms with E-state index in [0.717, 1.165) is 35.5 Å². The van der Waals surface area contributed by atoms with Crippen LogP contribution in [0.2, 0.25) is 0 Å². The first-order valence-corrected chi connectivity index (χ1v) is 13.7. The smallest absolute Gasteiger partial charge is 0.271 e. The minimum absolute atomic E-state index is 0.0148. The SMILES string of the molecule is CSCCCC(O)C(O)C(Cc1cc(F)cc(F)c1)NC(=O)c1csc(NS(C)(=O)=O)n1. The maximum absolute atomic E-state index is 13.6. The Hall–Kier alpha value is -1.80. The molecular weight excluding hydrogens is 484 g/mol. The predicted molar refractivity (Wildman–Crippen MR) is 122 cm³/mol. The van der Waals surface area contributed by atoms with E-state index in [1.54, 1.807) is 11.8 Å². The molecule has 0 saturated heterocycles. The number of sulfonamides is 1. The maximum atomic E-state index is 13.6. The number of aliphatic hydroxyl groups is 2. The second-order valence-corrected chi connectivity index (χ2v) is 10.8. The van der Waals surface area contributed by atoms with Gasteiger partial charge in [0.25, 0.3) is 5.91 Å². The van der Waals surface area contributed by atoms with E-state index >= 15 is 0 Å². The Balaban J connectivity index is 2.20. The normalized spacial score (nSPS) is 14.6. The van der Waals surface area contributed by atoms with Gasteiger partial charge < -0.3 is 15.5 Å². The molecule has 1 aromatic carbocycles. The topological polar surface area (TPSA) is 129 Å². The van der Waals surface area contributed by atoms with Crippen molar-refractivity contribution in [3.63, 3.8) is 0 Å². The second-order valence-electron chi connectivity index (χ2n) is 7.17. The molecule has 0 fully saturated rings. The average Bonchev–Trinajstić information content (AvgIpc) is 3.13. The van der Waals surface area contributed by atoms with Crippen LogP contribution in [0.4, 0.5) is 13.9 Å². The number of benzene rings is 1. The van der Waals surface area contributed by atoms with Crippen molar-refractivity contribution in [1.82, 2.24) is 10.3 Å². The Morgan fingerprint density at radius 3 is 2.50 bits per heavy atom. The Morgan fingerprint density at radius 1 is 1.25 bits per heavy atom. The van der Waals surface area contributed by atoms with Gasteiger partial charge in [0.1, 0.15) is 23.4 Å². The molecule has 8 nitrogen and oxygen atoms in total. The van der Waals surface area contributed by atoms with Crippen molar-refractivity contribution in [2.45, 2.75) is 37.5 Å². The minimum Gasteiger partial charge on any atom is -0.390 e. The molecule has 3 atom stereocenters. The third-order valence-electron chi connectivity index (χ3n) is 4.36. The number of anilines is 1. The van der Waals surface area contributed by atoms with E-state index in [-0.39, 0.29) is 29.2 Å². The summed E-state index contributed by atoms with van der Waals surface area (Å²) in [5.74, 6) is -1.59. The molecule has 0 aliphatic rings. The summed E-state index contributed by atoms with van der Waals surface area (Å²) < 4.78 is 52.0. The lowest BCUT2D eigenvalue weighted by molar-refractivity contribution is -0.00736. The van der Waals surface area contributed by atoms with Crippen molar-refractivity contribution in [2.75, 3.05) is 23.0 Å². The van der Waals surface area contributed by atoms with Gasteiger partial charge in [-0.25, -0.2) is 22.2 Å². The van der Waals surface area contributed by atoms with Crippen LogP contribution in [-0.2, 0) is 16.4 Å². The molecule has 1 heterocycles. The molecule has 0 aliphatic heterocycles. The van der Waals surface area contributed by atoms with Gasteiger partial charge in [0.05, 0.1) is 18.4 Å². The highest BCUT2D eigenvalue weighted by Gasteiger charge is 2.29. The van der Waals surface area contributed by atoms with Gasteiger partial charge in [0.15, 0.2) is 5.13 Å². The van der Waals surface area contributed by atoms with Crippen LogP contribution < -0.4 is 10.0 Å². The van der Waals surface area contributed by atoms with E-state index in [4.69, 9.17) is 0 Å². The Labute approximate surface area is 193 Å². The number of nitrogens with zero attached hydrogens (tertiary/aromatic N) is 1. The monoisotopic (exact) mass is 509 g/mol. The highest BCUT2D eigenvalue weighted by molar-refractivity contribution is 7.98. The number of aliphatic hydroxyl groups excluding tert-OH is 2. The van der Waals surface area contributed by atoms with Crippen molar-refractivity contribution in [3.8, 4) is 0 Å². The number of thioether (sulfide) groups is 1. The zero-order chi connectivity index (χ0) is 23.9. The van der Waals surface area contributed by atoms with E-state index in [9.17, 15) is 32.2 Å². The molecule has 32 heavy (non-hydrogen) atoms. The summed E-state index contributed by atoms with van der Waals surface area (Å²) in [7, 11) is -3.58. The molecule has 0 bridgehead atoms. The minimum atomic E-state index is -3.58. The third-order valence-corrected chi connectivity index (χ3v) is 6.51. The summed E-state index contributed by atoms with van der Waals surface area (Å²) in [4.78, 5) is 16.6. The highest BCUT2D eigenvalue weighted by Crippen LogP contribution is 2.19. The number of amides is 1. The molecule has 1 amide bonds. The van der Waals surface area contributed by atoms with Gasteiger partial charge in [-0.1, -0.05) is 0 Å². The van der Waals surface area contributed by atoms with Gasteiger partial charge in [-0.2, -0.15) is 11.8 Å². The molecule has 0 radical (unpaired) electrons. The van der Waals surface area contributed by atoms with Crippen molar-refractivity contribution in [1.29, 1.82) is 0 Å². The van der Waals surface area contributed by atoms with E-state index in [2.05, 4.69) is 15.0 Å². The van der Waals surface area contributed by atoms with E-state index in [0.29, 0.717) is 12.5 Å². The van der Waals surface area contributed by atoms with Crippen LogP contribution in [0.15, 0.2) is 23.6 Å². The molecule has 4 N–H and O–H groups in total. The summed E-state index contributed by atoms with van der Waals surface area (Å²) in [5, 5.41) is 24.9. The van der Waals surface area contributed by atoms with Gasteiger partial charge in [-0.15, -0.1) is 11.3 Å². The fraction of sp³-hybridized carbons (Fsp3) is 0.474. The number of aromatic nitrogens is 1. The van der Waals surface area contributed by atoms with Gasteiger partial charge in [-0.3, -0.25) is 9.52 Å². The lowest BCUT2D eigenvalue weighted by atomic mass is 9.95. The molecule has 2 aromatic rings. The molecule has 2 rings (SSSR count). The molecule has 178 valence electrons. The number of carbonyl (C=O) groups excluding carboxylic acids is 1. The number of carbonyl (C=O) groups is 1. The molecule has 0 saturated carbocycles. The van der Waals surface area contributed by atoms with Crippen LogP contribution in [0.25, 0.3) is 0 Å². The molecular formula is C19H25F2N3O5S3. The number of hydrogen-bond acceptors (Lipinski definition) is 8. The number of thiazole rings is 1. The van der Waals surface area contributed by atoms with Crippen LogP contribution in [-0.4, -0.2) is 66.0 Å². The zero-order valence-corrected chi connectivity index (χ0v) is 19.9. The second kappa shape index (κ2) is 11.9. The Kier molecular flexibility index (Phi) is 9.83. The third kappa shape index (κ3) is 8.62. The van der Waals surface area contributed by atoms with Crippen LogP contribution in [0, 0.1) is 11.6 Å². The summed E-state index contributed by atoms with van der Waals surface area (Å²) in [6, 6.07) is 1.77. The average molecular weight is 510 g/mol. The molecule has 0 spiro atoms. The first-order valence-electron chi connectivity index (χ1n) is 9.52. The Bertz CT molecular complexity index is 999. The van der Waals surface area contributed by atoms with Crippen LogP contribution in [0.3, 0.4) is 0 Å². The molecule has 0 aliphatic carbocycles. The number of nitrogens with one attached hydrogen (secondary N) is 2. The summed E-state index contributed by atoms with van der Waals surface area (Å²) >= 11 is 2.47. The van der Waals surface area contributed by atoms with Gasteiger partial charge >= 0.3 is 0 Å². The number of halogens is 2. The molecule has 1 aromatic heterocycles. The summed E-state index contributed by atoms with van der Waals surface area (Å²) in [5.41, 5.74) is 0.0709. The lowest BCUT2D eigenvalue weighted by Gasteiger charge is -2.28. The van der Waals surface area contributed by atoms with E-state index in [1.165, 1.54) is 5.38 Å². The number of hydrogen-bond donors (Lipinski definition) is 4. The van der Waals surface area contributed by atoms with Gasteiger partial charge in [-0.05, 0) is 49.0 Å². The fourth-order valence-electron chi connectivity index (χ4n) is 2.94. The highest BCUT2D eigenvalue weighted by atomic mass is 32.2. The standard InChI is InChI=1S/C19H25F2N3O5S3/c1-30-5-3-4-16(25)17(26)14(8-11-6-12(20)9-13(21)7-11)22-18(27)15-10-31-19(23-15)24-32(2,28)29/h6-7,9-10,14,16-17,25-26H,3-5,8H2,1-2H3,(H,22,27)(H,23,24).